The molecule has 1 aliphatic rings. The van der Waals surface area contributed by atoms with Crippen molar-refractivity contribution in [2.75, 3.05) is 20.8 Å². The fourth-order valence-electron chi connectivity index (χ4n) is 3.31. The molecule has 1 fully saturated rings. The first-order valence-electron chi connectivity index (χ1n) is 8.80. The van der Waals surface area contributed by atoms with E-state index in [4.69, 9.17) is 18.9 Å². The van der Waals surface area contributed by atoms with E-state index in [0.717, 1.165) is 23.1 Å². The standard InChI is InChI=1S/C21H28O4/c1-21(2,3)24-13-20-19(23-5)12-18(25-20)16-10-14-8-6-7-9-15(14)11-17(16)22-4/h6-11,18-20H,12-13H2,1-5H3/t18-,19?,20-/m1/s1. The Morgan fingerprint density at radius 3 is 2.36 bits per heavy atom. The molecule has 0 radical (unpaired) electrons. The van der Waals surface area contributed by atoms with Crippen LogP contribution in [0.15, 0.2) is 36.4 Å². The van der Waals surface area contributed by atoms with Crippen molar-refractivity contribution in [3.63, 3.8) is 0 Å². The zero-order chi connectivity index (χ0) is 18.0. The molecule has 1 aliphatic heterocycles. The van der Waals surface area contributed by atoms with Gasteiger partial charge in [0, 0.05) is 19.1 Å². The van der Waals surface area contributed by atoms with Crippen LogP contribution in [0, 0.1) is 0 Å². The van der Waals surface area contributed by atoms with Gasteiger partial charge in [0.25, 0.3) is 0 Å². The van der Waals surface area contributed by atoms with E-state index in [0.29, 0.717) is 6.61 Å². The van der Waals surface area contributed by atoms with Crippen molar-refractivity contribution >= 4 is 10.8 Å². The molecule has 2 aromatic rings. The smallest absolute Gasteiger partial charge is 0.125 e. The van der Waals surface area contributed by atoms with Crippen LogP contribution in [0.4, 0.5) is 0 Å². The molecule has 0 amide bonds. The molecule has 0 aliphatic carbocycles. The summed E-state index contributed by atoms with van der Waals surface area (Å²) < 4.78 is 23.5. The summed E-state index contributed by atoms with van der Waals surface area (Å²) in [6.45, 7) is 6.67. The third kappa shape index (κ3) is 4.14. The lowest BCUT2D eigenvalue weighted by Crippen LogP contribution is -2.32. The van der Waals surface area contributed by atoms with Gasteiger partial charge in [0.15, 0.2) is 0 Å². The van der Waals surface area contributed by atoms with Gasteiger partial charge in [-0.1, -0.05) is 24.3 Å². The molecule has 0 bridgehead atoms. The van der Waals surface area contributed by atoms with Crippen LogP contribution < -0.4 is 4.74 Å². The van der Waals surface area contributed by atoms with Crippen LogP contribution >= 0.6 is 0 Å². The van der Waals surface area contributed by atoms with Crippen LogP contribution in [0.5, 0.6) is 5.75 Å². The number of fused-ring (bicyclic) bond motifs is 1. The van der Waals surface area contributed by atoms with E-state index in [-0.39, 0.29) is 23.9 Å². The maximum Gasteiger partial charge on any atom is 0.125 e. The third-order valence-electron chi connectivity index (χ3n) is 4.63. The van der Waals surface area contributed by atoms with Crippen molar-refractivity contribution < 1.29 is 18.9 Å². The fourth-order valence-corrected chi connectivity index (χ4v) is 3.31. The Bertz CT molecular complexity index is 719. The molecule has 3 atom stereocenters. The Balaban J connectivity index is 1.85. The molecule has 2 aromatic carbocycles. The average Bonchev–Trinajstić information content (AvgIpc) is 3.01. The number of rotatable bonds is 5. The van der Waals surface area contributed by atoms with Gasteiger partial charge in [-0.25, -0.2) is 0 Å². The molecule has 0 saturated carbocycles. The van der Waals surface area contributed by atoms with E-state index < -0.39 is 0 Å². The van der Waals surface area contributed by atoms with Crippen LogP contribution in [0.3, 0.4) is 0 Å². The molecule has 1 unspecified atom stereocenters. The Labute approximate surface area is 150 Å². The minimum atomic E-state index is -0.194. The van der Waals surface area contributed by atoms with Crippen molar-refractivity contribution in [1.82, 2.24) is 0 Å². The molecular formula is C21H28O4. The van der Waals surface area contributed by atoms with E-state index in [1.165, 1.54) is 5.39 Å². The number of ether oxygens (including phenoxy) is 4. The minimum absolute atomic E-state index is 0.0172. The molecule has 3 rings (SSSR count). The second kappa shape index (κ2) is 7.32. The summed E-state index contributed by atoms with van der Waals surface area (Å²) in [5.74, 6) is 0.857. The van der Waals surface area contributed by atoms with E-state index in [1.54, 1.807) is 14.2 Å². The minimum Gasteiger partial charge on any atom is -0.496 e. The maximum atomic E-state index is 6.31. The number of benzene rings is 2. The highest BCUT2D eigenvalue weighted by Crippen LogP contribution is 2.40. The molecule has 25 heavy (non-hydrogen) atoms. The van der Waals surface area contributed by atoms with Gasteiger partial charge in [-0.3, -0.25) is 0 Å². The molecule has 0 N–H and O–H groups in total. The number of hydrogen-bond acceptors (Lipinski definition) is 4. The van der Waals surface area contributed by atoms with Crippen molar-refractivity contribution in [3.8, 4) is 5.75 Å². The Hall–Kier alpha value is -1.62. The van der Waals surface area contributed by atoms with Crippen molar-refractivity contribution in [2.24, 2.45) is 0 Å². The summed E-state index contributed by atoms with van der Waals surface area (Å²) in [6, 6.07) is 12.5. The van der Waals surface area contributed by atoms with E-state index in [1.807, 2.05) is 32.9 Å². The summed E-state index contributed by atoms with van der Waals surface area (Å²) in [6.07, 6.45) is 0.676. The molecule has 0 aromatic heterocycles. The number of hydrogen-bond donors (Lipinski definition) is 0. The Morgan fingerprint density at radius 1 is 1.08 bits per heavy atom. The van der Waals surface area contributed by atoms with Crippen LogP contribution in [-0.4, -0.2) is 38.6 Å². The van der Waals surface area contributed by atoms with Gasteiger partial charge >= 0.3 is 0 Å². The molecule has 1 saturated heterocycles. The van der Waals surface area contributed by atoms with Gasteiger partial charge in [-0.05, 0) is 43.7 Å². The van der Waals surface area contributed by atoms with Gasteiger partial charge in [0.1, 0.15) is 11.9 Å². The largest absolute Gasteiger partial charge is 0.496 e. The van der Waals surface area contributed by atoms with Gasteiger partial charge in [0.05, 0.1) is 31.5 Å². The van der Waals surface area contributed by atoms with Gasteiger partial charge in [-0.15, -0.1) is 0 Å². The maximum absolute atomic E-state index is 6.31. The Kier molecular flexibility index (Phi) is 5.32. The van der Waals surface area contributed by atoms with Crippen LogP contribution in [0.1, 0.15) is 38.9 Å². The predicted molar refractivity (Wildman–Crippen MR) is 99.2 cm³/mol. The third-order valence-corrected chi connectivity index (χ3v) is 4.63. The highest BCUT2D eigenvalue weighted by atomic mass is 16.6. The van der Waals surface area contributed by atoms with Crippen LogP contribution in [0.25, 0.3) is 10.8 Å². The lowest BCUT2D eigenvalue weighted by Gasteiger charge is -2.24. The monoisotopic (exact) mass is 344 g/mol. The van der Waals surface area contributed by atoms with Gasteiger partial charge in [-0.2, -0.15) is 0 Å². The highest BCUT2D eigenvalue weighted by molar-refractivity contribution is 5.85. The molecule has 4 heteroatoms. The SMILES string of the molecule is COc1cc2ccccc2cc1[C@H]1CC(OC)[C@@H](COC(C)(C)C)O1. The van der Waals surface area contributed by atoms with Crippen molar-refractivity contribution in [3.05, 3.63) is 42.0 Å². The van der Waals surface area contributed by atoms with E-state index >= 15 is 0 Å². The summed E-state index contributed by atoms with van der Waals surface area (Å²) in [7, 11) is 3.44. The summed E-state index contributed by atoms with van der Waals surface area (Å²) in [5, 5.41) is 2.35. The zero-order valence-electron chi connectivity index (χ0n) is 15.7. The van der Waals surface area contributed by atoms with Gasteiger partial charge in [0.2, 0.25) is 0 Å². The highest BCUT2D eigenvalue weighted by Gasteiger charge is 2.38. The first kappa shape index (κ1) is 18.2. The first-order valence-corrected chi connectivity index (χ1v) is 8.80. The van der Waals surface area contributed by atoms with E-state index in [2.05, 4.69) is 24.3 Å². The Morgan fingerprint density at radius 2 is 1.76 bits per heavy atom. The lowest BCUT2D eigenvalue weighted by molar-refractivity contribution is -0.0943. The molecule has 1 heterocycles. The quantitative estimate of drug-likeness (QED) is 0.800. The van der Waals surface area contributed by atoms with Crippen molar-refractivity contribution in [1.29, 1.82) is 0 Å². The fraction of sp³-hybridized carbons (Fsp3) is 0.524. The van der Waals surface area contributed by atoms with Crippen molar-refractivity contribution in [2.45, 2.75) is 51.1 Å². The topological polar surface area (TPSA) is 36.9 Å². The lowest BCUT2D eigenvalue weighted by atomic mass is 9.99. The zero-order valence-corrected chi connectivity index (χ0v) is 15.7. The van der Waals surface area contributed by atoms with Gasteiger partial charge < -0.3 is 18.9 Å². The average molecular weight is 344 g/mol. The summed E-state index contributed by atoms with van der Waals surface area (Å²) in [5.41, 5.74) is 0.877. The van der Waals surface area contributed by atoms with Crippen LogP contribution in [-0.2, 0) is 14.2 Å². The number of methoxy groups -OCH3 is 2. The predicted octanol–water partition coefficient (Wildman–Crippen LogP) is 4.51. The molecular weight excluding hydrogens is 316 g/mol. The summed E-state index contributed by atoms with van der Waals surface area (Å²) >= 11 is 0. The molecule has 0 spiro atoms. The second-order valence-electron chi connectivity index (χ2n) is 7.54. The van der Waals surface area contributed by atoms with E-state index in [9.17, 15) is 0 Å². The normalized spacial score (nSPS) is 24.0. The molecule has 136 valence electrons. The molecule has 4 nitrogen and oxygen atoms in total. The first-order chi connectivity index (χ1) is 11.9. The summed E-state index contributed by atoms with van der Waals surface area (Å²) in [4.78, 5) is 0. The second-order valence-corrected chi connectivity index (χ2v) is 7.54. The van der Waals surface area contributed by atoms with Crippen LogP contribution in [0.2, 0.25) is 0 Å².